The van der Waals surface area contributed by atoms with E-state index in [4.69, 9.17) is 0 Å². The Kier molecular flexibility index (Phi) is 13.8. The summed E-state index contributed by atoms with van der Waals surface area (Å²) in [6, 6.07) is 20.8. The van der Waals surface area contributed by atoms with Gasteiger partial charge >= 0.3 is 0 Å². The topological polar surface area (TPSA) is 136 Å². The molecule has 26 heavy (non-hydrogen) atoms. The van der Waals surface area contributed by atoms with Crippen LogP contribution in [-0.2, 0) is 22.4 Å². The van der Waals surface area contributed by atoms with Crippen molar-refractivity contribution in [1.29, 1.82) is 0 Å². The van der Waals surface area contributed by atoms with Gasteiger partial charge in [-0.1, -0.05) is 60.7 Å². The van der Waals surface area contributed by atoms with E-state index in [0.29, 0.717) is 12.2 Å². The molecular weight excluding hydrogens is 332 g/mol. The monoisotopic (exact) mass is 358 g/mol. The van der Waals surface area contributed by atoms with Crippen LogP contribution in [-0.4, -0.2) is 25.0 Å². The number of carbonyl (C=O) groups excluding carboxylic acids is 2. The van der Waals surface area contributed by atoms with Gasteiger partial charge in [0.05, 0.1) is 25.0 Å². The molecular formula is C20H26N2O4. The van der Waals surface area contributed by atoms with Crippen LogP contribution in [0, 0.1) is 0 Å². The number of aliphatic carboxylic acids is 2. The van der Waals surface area contributed by atoms with Crippen molar-refractivity contribution in [3.05, 3.63) is 83.9 Å². The van der Waals surface area contributed by atoms with Gasteiger partial charge in [0.15, 0.2) is 0 Å². The fraction of sp³-hybridized carbons (Fsp3) is 0.200. The standard InChI is InChI=1S/2C8H11N.C4H4O4/c2*9-7-6-8-4-2-1-3-5-8;5-3(6)1-2-4(7)8/h2*1-5H,6-7,9H2;1-2H,(H,5,6)(H,7,8)/b;;2-1+. The number of benzene rings is 2. The molecule has 0 saturated carbocycles. The first-order valence-corrected chi connectivity index (χ1v) is 8.26. The lowest BCUT2D eigenvalue weighted by Crippen LogP contribution is -2.51. The zero-order valence-corrected chi connectivity index (χ0v) is 14.8. The summed E-state index contributed by atoms with van der Waals surface area (Å²) in [7, 11) is 0. The number of carboxylic acids is 2. The van der Waals surface area contributed by atoms with Gasteiger partial charge in [-0.15, -0.1) is 0 Å². The highest BCUT2D eigenvalue weighted by molar-refractivity contribution is 5.87. The zero-order valence-electron chi connectivity index (χ0n) is 14.8. The number of carbonyl (C=O) groups is 2. The van der Waals surface area contributed by atoms with Crippen molar-refractivity contribution < 1.29 is 31.3 Å². The second-order valence-corrected chi connectivity index (χ2v) is 5.15. The van der Waals surface area contributed by atoms with E-state index in [1.165, 1.54) is 11.1 Å². The summed E-state index contributed by atoms with van der Waals surface area (Å²) >= 11 is 0. The molecule has 0 radical (unpaired) electrons. The van der Waals surface area contributed by atoms with Crippen molar-refractivity contribution in [2.45, 2.75) is 12.8 Å². The molecule has 0 aliphatic carbocycles. The SMILES string of the molecule is O=C([O-])/C=C/C(=O)[O-].[NH3+]CCc1ccccc1.[NH3+]CCc1ccccc1. The van der Waals surface area contributed by atoms with E-state index in [1.807, 2.05) is 12.1 Å². The molecule has 0 heterocycles. The van der Waals surface area contributed by atoms with Gasteiger partial charge in [0, 0.05) is 12.8 Å². The highest BCUT2D eigenvalue weighted by atomic mass is 16.4. The van der Waals surface area contributed by atoms with Gasteiger partial charge in [-0.2, -0.15) is 0 Å². The van der Waals surface area contributed by atoms with Crippen molar-refractivity contribution in [2.24, 2.45) is 0 Å². The van der Waals surface area contributed by atoms with E-state index in [-0.39, 0.29) is 0 Å². The molecule has 0 amide bonds. The molecule has 0 bridgehead atoms. The maximum atomic E-state index is 9.41. The Morgan fingerprint density at radius 3 is 1.23 bits per heavy atom. The van der Waals surface area contributed by atoms with Crippen molar-refractivity contribution in [3.63, 3.8) is 0 Å². The first-order valence-electron chi connectivity index (χ1n) is 8.26. The summed E-state index contributed by atoms with van der Waals surface area (Å²) in [6.45, 7) is 1.98. The fourth-order valence-corrected chi connectivity index (χ4v) is 1.83. The van der Waals surface area contributed by atoms with Crippen LogP contribution >= 0.6 is 0 Å². The number of quaternary nitrogens is 2. The van der Waals surface area contributed by atoms with Crippen LogP contribution in [0.5, 0.6) is 0 Å². The molecule has 0 aliphatic heterocycles. The second-order valence-electron chi connectivity index (χ2n) is 5.15. The first kappa shape index (κ1) is 23.0. The average molecular weight is 358 g/mol. The molecule has 0 atom stereocenters. The van der Waals surface area contributed by atoms with Crippen LogP contribution in [0.25, 0.3) is 0 Å². The lowest BCUT2D eigenvalue weighted by Gasteiger charge is -1.92. The van der Waals surface area contributed by atoms with Gasteiger partial charge in [-0.3, -0.25) is 0 Å². The molecule has 6 heteroatoms. The minimum absolute atomic E-state index is 0.384. The third-order valence-corrected chi connectivity index (χ3v) is 2.97. The lowest BCUT2D eigenvalue weighted by molar-refractivity contribution is -0.367. The Morgan fingerprint density at radius 1 is 0.692 bits per heavy atom. The van der Waals surface area contributed by atoms with E-state index < -0.39 is 11.9 Å². The van der Waals surface area contributed by atoms with E-state index in [1.54, 1.807) is 0 Å². The quantitative estimate of drug-likeness (QED) is 0.576. The van der Waals surface area contributed by atoms with Crippen LogP contribution in [0.1, 0.15) is 11.1 Å². The molecule has 2 rings (SSSR count). The summed E-state index contributed by atoms with van der Waals surface area (Å²) in [5.74, 6) is -3.09. The Bertz CT molecular complexity index is 586. The molecule has 6 N–H and O–H groups in total. The second kappa shape index (κ2) is 15.6. The molecule has 0 unspecified atom stereocenters. The van der Waals surface area contributed by atoms with Crippen LogP contribution in [0.3, 0.4) is 0 Å². The lowest BCUT2D eigenvalue weighted by atomic mass is 10.2. The normalized spacial score (nSPS) is 9.46. The molecule has 140 valence electrons. The average Bonchev–Trinajstić information content (AvgIpc) is 2.63. The largest absolute Gasteiger partial charge is 0.545 e. The van der Waals surface area contributed by atoms with Crippen LogP contribution in [0.15, 0.2) is 72.8 Å². The first-order chi connectivity index (χ1) is 12.5. The summed E-state index contributed by atoms with van der Waals surface area (Å²) in [6.07, 6.45) is 2.96. The van der Waals surface area contributed by atoms with Crippen molar-refractivity contribution >= 4 is 11.9 Å². The van der Waals surface area contributed by atoms with Gasteiger partial charge in [-0.25, -0.2) is 0 Å². The van der Waals surface area contributed by atoms with E-state index in [0.717, 1.165) is 25.9 Å². The maximum absolute atomic E-state index is 9.41. The summed E-state index contributed by atoms with van der Waals surface area (Å²) in [5, 5.41) is 18.8. The van der Waals surface area contributed by atoms with Crippen LogP contribution < -0.4 is 21.7 Å². The Balaban J connectivity index is 0.000000362. The number of hydrogen-bond acceptors (Lipinski definition) is 4. The molecule has 0 aromatic heterocycles. The van der Waals surface area contributed by atoms with Gasteiger partial charge in [0.2, 0.25) is 0 Å². The summed E-state index contributed by atoms with van der Waals surface area (Å²) in [4.78, 5) is 18.8. The predicted octanol–water partition coefficient (Wildman–Crippen LogP) is -2.02. The summed E-state index contributed by atoms with van der Waals surface area (Å²) in [5.41, 5.74) is 10.3. The number of hydrogen-bond donors (Lipinski definition) is 2. The van der Waals surface area contributed by atoms with E-state index in [2.05, 4.69) is 60.0 Å². The van der Waals surface area contributed by atoms with Crippen LogP contribution in [0.2, 0.25) is 0 Å². The van der Waals surface area contributed by atoms with Crippen molar-refractivity contribution in [1.82, 2.24) is 0 Å². The minimum Gasteiger partial charge on any atom is -0.545 e. The molecule has 0 spiro atoms. The van der Waals surface area contributed by atoms with Gasteiger partial charge in [0.1, 0.15) is 0 Å². The third-order valence-electron chi connectivity index (χ3n) is 2.97. The molecule has 2 aromatic carbocycles. The Morgan fingerprint density at radius 2 is 1.00 bits per heavy atom. The zero-order chi connectivity index (χ0) is 19.6. The van der Waals surface area contributed by atoms with E-state index >= 15 is 0 Å². The molecule has 0 fully saturated rings. The third kappa shape index (κ3) is 14.6. The molecule has 0 aliphatic rings. The summed E-state index contributed by atoms with van der Waals surface area (Å²) < 4.78 is 0. The molecule has 0 saturated heterocycles. The van der Waals surface area contributed by atoms with Gasteiger partial charge in [-0.05, 0) is 23.3 Å². The molecule has 2 aromatic rings. The maximum Gasteiger partial charge on any atom is 0.0780 e. The Hall–Kier alpha value is -2.96. The van der Waals surface area contributed by atoms with Gasteiger partial charge < -0.3 is 31.3 Å². The smallest absolute Gasteiger partial charge is 0.0780 e. The highest BCUT2D eigenvalue weighted by Gasteiger charge is 1.87. The van der Waals surface area contributed by atoms with Gasteiger partial charge in [0.25, 0.3) is 0 Å². The number of carboxylic acid groups (broad SMARTS) is 2. The highest BCUT2D eigenvalue weighted by Crippen LogP contribution is 1.97. The van der Waals surface area contributed by atoms with E-state index in [9.17, 15) is 19.8 Å². The molecule has 6 nitrogen and oxygen atoms in total. The predicted molar refractivity (Wildman–Crippen MR) is 95.0 cm³/mol. The fourth-order valence-electron chi connectivity index (χ4n) is 1.83. The van der Waals surface area contributed by atoms with Crippen LogP contribution in [0.4, 0.5) is 0 Å². The van der Waals surface area contributed by atoms with Crippen molar-refractivity contribution in [2.75, 3.05) is 13.1 Å². The Labute approximate surface area is 153 Å². The number of rotatable bonds is 6. The van der Waals surface area contributed by atoms with Crippen molar-refractivity contribution in [3.8, 4) is 0 Å². The minimum atomic E-state index is -1.55.